The molecule has 1 aliphatic heterocycles. The van der Waals surface area contributed by atoms with E-state index < -0.39 is 11.5 Å². The summed E-state index contributed by atoms with van der Waals surface area (Å²) >= 11 is 0. The van der Waals surface area contributed by atoms with Gasteiger partial charge >= 0.3 is 0 Å². The summed E-state index contributed by atoms with van der Waals surface area (Å²) < 4.78 is 0. The number of nitrogens with two attached hydrogens (primary N) is 1. The van der Waals surface area contributed by atoms with Crippen molar-refractivity contribution in [2.24, 2.45) is 5.73 Å². The molecule has 130 valence electrons. The number of likely N-dealkylation sites (tertiary alicyclic amines) is 1. The lowest BCUT2D eigenvalue weighted by molar-refractivity contribution is -0.145. The summed E-state index contributed by atoms with van der Waals surface area (Å²) in [5.41, 5.74) is 4.91. The average Bonchev–Trinajstić information content (AvgIpc) is 3.38. The molecule has 2 amide bonds. The molecule has 1 atom stereocenters. The van der Waals surface area contributed by atoms with Crippen LogP contribution in [-0.2, 0) is 16.1 Å². The Hall–Kier alpha value is -1.92. The van der Waals surface area contributed by atoms with Gasteiger partial charge in [-0.3, -0.25) is 14.5 Å². The summed E-state index contributed by atoms with van der Waals surface area (Å²) in [6, 6.07) is 10.3. The van der Waals surface area contributed by atoms with Crippen molar-refractivity contribution in [2.45, 2.75) is 43.9 Å². The highest BCUT2D eigenvalue weighted by Gasteiger charge is 2.40. The van der Waals surface area contributed by atoms with Crippen molar-refractivity contribution >= 4 is 11.8 Å². The summed E-state index contributed by atoms with van der Waals surface area (Å²) in [6.07, 6.45) is 3.12. The Kier molecular flexibility index (Phi) is 4.87. The zero-order valence-corrected chi connectivity index (χ0v) is 13.9. The lowest BCUT2D eigenvalue weighted by atomic mass is 9.92. The fourth-order valence-electron chi connectivity index (χ4n) is 3.33. The first-order valence-electron chi connectivity index (χ1n) is 8.56. The Balaban J connectivity index is 1.62. The minimum absolute atomic E-state index is 0.0510. The normalized spacial score (nSPS) is 24.5. The fourth-order valence-corrected chi connectivity index (χ4v) is 3.33. The number of amides is 2. The molecular formula is C18H25N3O3. The second kappa shape index (κ2) is 6.91. The van der Waals surface area contributed by atoms with E-state index >= 15 is 0 Å². The maximum Gasteiger partial charge on any atom is 0.250 e. The molecule has 1 saturated heterocycles. The Labute approximate surface area is 142 Å². The van der Waals surface area contributed by atoms with Gasteiger partial charge in [0.2, 0.25) is 5.91 Å². The number of piperidine rings is 1. The van der Waals surface area contributed by atoms with Crippen LogP contribution in [-0.4, -0.2) is 58.0 Å². The number of hydrogen-bond donors (Lipinski definition) is 2. The molecule has 1 saturated carbocycles. The molecule has 6 heteroatoms. The van der Waals surface area contributed by atoms with Crippen molar-refractivity contribution in [1.82, 2.24) is 9.80 Å². The van der Waals surface area contributed by atoms with E-state index in [9.17, 15) is 14.7 Å². The molecule has 2 aliphatic rings. The number of rotatable bonds is 6. The Morgan fingerprint density at radius 2 is 2.00 bits per heavy atom. The van der Waals surface area contributed by atoms with E-state index in [-0.39, 0.29) is 19.0 Å². The highest BCUT2D eigenvalue weighted by molar-refractivity contribution is 5.84. The SMILES string of the molecule is NC(=O)[C@@]1(O)CCCN(CC(=O)N(Cc2ccccc2)C2CC2)C1. The molecule has 6 nitrogen and oxygen atoms in total. The molecule has 1 heterocycles. The predicted octanol–water partition coefficient (Wildman–Crippen LogP) is 0.490. The van der Waals surface area contributed by atoms with Crippen LogP contribution in [0.2, 0.25) is 0 Å². The molecule has 3 N–H and O–H groups in total. The number of carbonyl (C=O) groups excluding carboxylic acids is 2. The maximum absolute atomic E-state index is 12.8. The summed E-state index contributed by atoms with van der Waals surface area (Å²) in [6.45, 7) is 1.67. The van der Waals surface area contributed by atoms with Gasteiger partial charge in [0.05, 0.1) is 6.54 Å². The number of β-amino-alcohol motifs (C(OH)–C–C–N with tert-alkyl or cyclic N) is 1. The standard InChI is InChI=1S/C18H25N3O3/c19-17(23)18(24)9-4-10-20(13-18)12-16(22)21(15-7-8-15)11-14-5-2-1-3-6-14/h1-3,5-6,15,24H,4,7-13H2,(H2,19,23)/t18-/m1/s1. The average molecular weight is 331 g/mol. The first-order chi connectivity index (χ1) is 11.5. The largest absolute Gasteiger partial charge is 0.379 e. The minimum atomic E-state index is -1.51. The van der Waals surface area contributed by atoms with Crippen LogP contribution < -0.4 is 5.73 Å². The van der Waals surface area contributed by atoms with E-state index in [1.165, 1.54) is 0 Å². The molecule has 1 aromatic carbocycles. The molecule has 24 heavy (non-hydrogen) atoms. The Morgan fingerprint density at radius 3 is 2.62 bits per heavy atom. The molecule has 3 rings (SSSR count). The molecule has 1 aliphatic carbocycles. The van der Waals surface area contributed by atoms with E-state index in [4.69, 9.17) is 5.73 Å². The van der Waals surface area contributed by atoms with E-state index in [0.717, 1.165) is 18.4 Å². The first-order valence-corrected chi connectivity index (χ1v) is 8.56. The van der Waals surface area contributed by atoms with Gasteiger partial charge in [0.1, 0.15) is 0 Å². The van der Waals surface area contributed by atoms with Crippen LogP contribution in [0.5, 0.6) is 0 Å². The smallest absolute Gasteiger partial charge is 0.250 e. The molecular weight excluding hydrogens is 306 g/mol. The van der Waals surface area contributed by atoms with Crippen LogP contribution in [0.4, 0.5) is 0 Å². The van der Waals surface area contributed by atoms with Gasteiger partial charge in [-0.15, -0.1) is 0 Å². The summed E-state index contributed by atoms with van der Waals surface area (Å²) in [5, 5.41) is 10.3. The lowest BCUT2D eigenvalue weighted by Crippen LogP contribution is -2.57. The number of primary amides is 1. The second-order valence-corrected chi connectivity index (χ2v) is 6.95. The van der Waals surface area contributed by atoms with E-state index in [2.05, 4.69) is 0 Å². The van der Waals surface area contributed by atoms with E-state index in [1.807, 2.05) is 40.1 Å². The summed E-state index contributed by atoms with van der Waals surface area (Å²) in [5.74, 6) is -0.655. The summed E-state index contributed by atoms with van der Waals surface area (Å²) in [7, 11) is 0. The van der Waals surface area contributed by atoms with Crippen LogP contribution in [0.1, 0.15) is 31.2 Å². The van der Waals surface area contributed by atoms with E-state index in [0.29, 0.717) is 32.0 Å². The monoisotopic (exact) mass is 331 g/mol. The van der Waals surface area contributed by atoms with Crippen LogP contribution in [0.25, 0.3) is 0 Å². The van der Waals surface area contributed by atoms with Crippen molar-refractivity contribution in [3.05, 3.63) is 35.9 Å². The van der Waals surface area contributed by atoms with Crippen molar-refractivity contribution in [1.29, 1.82) is 0 Å². The highest BCUT2D eigenvalue weighted by Crippen LogP contribution is 2.29. The number of aliphatic hydroxyl groups is 1. The van der Waals surface area contributed by atoms with Crippen molar-refractivity contribution in [3.8, 4) is 0 Å². The first kappa shape index (κ1) is 16.9. The summed E-state index contributed by atoms with van der Waals surface area (Å²) in [4.78, 5) is 28.0. The third-order valence-corrected chi connectivity index (χ3v) is 4.87. The zero-order chi connectivity index (χ0) is 17.2. The molecule has 0 bridgehead atoms. The van der Waals surface area contributed by atoms with Crippen molar-refractivity contribution in [2.75, 3.05) is 19.6 Å². The van der Waals surface area contributed by atoms with Crippen LogP contribution in [0, 0.1) is 0 Å². The highest BCUT2D eigenvalue weighted by atomic mass is 16.3. The topological polar surface area (TPSA) is 86.9 Å². The van der Waals surface area contributed by atoms with Crippen molar-refractivity contribution in [3.63, 3.8) is 0 Å². The molecule has 0 spiro atoms. The number of hydrogen-bond acceptors (Lipinski definition) is 4. The van der Waals surface area contributed by atoms with Crippen LogP contribution >= 0.6 is 0 Å². The zero-order valence-electron chi connectivity index (χ0n) is 13.9. The molecule has 0 radical (unpaired) electrons. The number of carbonyl (C=O) groups is 2. The van der Waals surface area contributed by atoms with Gasteiger partial charge in [-0.25, -0.2) is 0 Å². The van der Waals surface area contributed by atoms with Gasteiger partial charge < -0.3 is 15.7 Å². The lowest BCUT2D eigenvalue weighted by Gasteiger charge is -2.37. The van der Waals surface area contributed by atoms with Gasteiger partial charge in [-0.05, 0) is 37.8 Å². The maximum atomic E-state index is 12.8. The number of nitrogens with zero attached hydrogens (tertiary/aromatic N) is 2. The fraction of sp³-hybridized carbons (Fsp3) is 0.556. The molecule has 0 aromatic heterocycles. The molecule has 0 unspecified atom stereocenters. The Morgan fingerprint density at radius 1 is 1.29 bits per heavy atom. The molecule has 2 fully saturated rings. The van der Waals surface area contributed by atoms with Gasteiger partial charge in [-0.1, -0.05) is 30.3 Å². The molecule has 1 aromatic rings. The second-order valence-electron chi connectivity index (χ2n) is 6.95. The Bertz CT molecular complexity index is 603. The third kappa shape index (κ3) is 3.94. The van der Waals surface area contributed by atoms with Gasteiger partial charge in [-0.2, -0.15) is 0 Å². The van der Waals surface area contributed by atoms with Crippen LogP contribution in [0.15, 0.2) is 30.3 Å². The van der Waals surface area contributed by atoms with Gasteiger partial charge in [0.15, 0.2) is 5.60 Å². The minimum Gasteiger partial charge on any atom is -0.379 e. The van der Waals surface area contributed by atoms with Crippen molar-refractivity contribution < 1.29 is 14.7 Å². The van der Waals surface area contributed by atoms with Crippen LogP contribution in [0.3, 0.4) is 0 Å². The van der Waals surface area contributed by atoms with E-state index in [1.54, 1.807) is 0 Å². The van der Waals surface area contributed by atoms with Gasteiger partial charge in [0.25, 0.3) is 5.91 Å². The van der Waals surface area contributed by atoms with Gasteiger partial charge in [0, 0.05) is 19.1 Å². The predicted molar refractivity (Wildman–Crippen MR) is 89.8 cm³/mol. The third-order valence-electron chi connectivity index (χ3n) is 4.87. The quantitative estimate of drug-likeness (QED) is 0.794. The number of benzene rings is 1.